The lowest BCUT2D eigenvalue weighted by Gasteiger charge is -2.59. The fourth-order valence-electron chi connectivity index (χ4n) is 6.43. The van der Waals surface area contributed by atoms with E-state index in [1.54, 1.807) is 11.1 Å². The molecule has 0 unspecified atom stereocenters. The van der Waals surface area contributed by atoms with E-state index in [2.05, 4.69) is 38.4 Å². The summed E-state index contributed by atoms with van der Waals surface area (Å²) in [7, 11) is 0. The number of halogens is 2. The molecule has 0 radical (unpaired) electrons. The number of ether oxygens (including phenoxy) is 3. The Hall–Kier alpha value is -3.47. The summed E-state index contributed by atoms with van der Waals surface area (Å²) in [5.41, 5.74) is 2.98. The molecule has 1 N–H and O–H groups in total. The molecule has 0 bridgehead atoms. The number of carbonyl (C=O) groups is 1. The van der Waals surface area contributed by atoms with Crippen LogP contribution in [0.2, 0.25) is 0 Å². The molecule has 216 valence electrons. The van der Waals surface area contributed by atoms with Gasteiger partial charge in [-0.05, 0) is 49.6 Å². The van der Waals surface area contributed by atoms with Crippen LogP contribution in [-0.4, -0.2) is 65.8 Å². The molecule has 4 aliphatic rings. The van der Waals surface area contributed by atoms with Crippen LogP contribution in [-0.2, 0) is 17.8 Å². The molecule has 3 aromatic rings. The number of nitrogens with zero attached hydrogens (tertiary/aromatic N) is 4. The Labute approximate surface area is 244 Å². The van der Waals surface area contributed by atoms with Crippen LogP contribution in [0.4, 0.5) is 10.2 Å². The highest BCUT2D eigenvalue weighted by atomic mass is 35.5. The van der Waals surface area contributed by atoms with Crippen LogP contribution in [0.15, 0.2) is 48.9 Å². The monoisotopic (exact) mass is 581 g/mol. The van der Waals surface area contributed by atoms with Crippen LogP contribution in [0.3, 0.4) is 0 Å². The van der Waals surface area contributed by atoms with Gasteiger partial charge < -0.3 is 29.3 Å². The highest BCUT2D eigenvalue weighted by Crippen LogP contribution is 2.52. The maximum absolute atomic E-state index is 14.2. The molecule has 1 saturated carbocycles. The summed E-state index contributed by atoms with van der Waals surface area (Å²) in [5.74, 6) is 1.60. The molecule has 41 heavy (non-hydrogen) atoms. The molecule has 1 aromatic heterocycles. The number of fused-ring (bicyclic) bond motifs is 1. The Morgan fingerprint density at radius 1 is 1.15 bits per heavy atom. The van der Waals surface area contributed by atoms with Crippen molar-refractivity contribution >= 4 is 24.1 Å². The first-order chi connectivity index (χ1) is 19.5. The van der Waals surface area contributed by atoms with Gasteiger partial charge in [-0.25, -0.2) is 14.4 Å². The molecular formula is C30H33ClFN5O4. The quantitative estimate of drug-likeness (QED) is 0.460. The van der Waals surface area contributed by atoms with Gasteiger partial charge in [0.05, 0.1) is 31.0 Å². The second-order valence-corrected chi connectivity index (χ2v) is 11.4. The summed E-state index contributed by atoms with van der Waals surface area (Å²) < 4.78 is 32.3. The zero-order valence-corrected chi connectivity index (χ0v) is 23.7. The Morgan fingerprint density at radius 2 is 2.00 bits per heavy atom. The lowest BCUT2D eigenvalue weighted by atomic mass is 9.61. The van der Waals surface area contributed by atoms with Crippen molar-refractivity contribution in [2.75, 3.05) is 37.7 Å². The maximum atomic E-state index is 14.2. The van der Waals surface area contributed by atoms with Gasteiger partial charge in [0.25, 0.3) is 5.91 Å². The van der Waals surface area contributed by atoms with Gasteiger partial charge in [-0.3, -0.25) is 4.79 Å². The highest BCUT2D eigenvalue weighted by molar-refractivity contribution is 5.97. The van der Waals surface area contributed by atoms with Crippen LogP contribution in [0.5, 0.6) is 17.2 Å². The van der Waals surface area contributed by atoms with E-state index in [1.807, 2.05) is 6.92 Å². The summed E-state index contributed by atoms with van der Waals surface area (Å²) in [6.45, 7) is 6.70. The molecule has 2 aromatic carbocycles. The molecule has 1 spiro atoms. The third-order valence-electron chi connectivity index (χ3n) is 8.49. The van der Waals surface area contributed by atoms with E-state index in [9.17, 15) is 9.18 Å². The fraction of sp³-hybridized carbons (Fsp3) is 0.433. The standard InChI is InChI=1S/C30H32FN5O4.ClH/c1-19-15-38-8-7-36(19)29(37)23-9-21(31)5-6-26(23)40-27-14-33-18-34-28(27)35-16-30(17-35)10-22(11-30)39-25-4-2-3-20-12-32-13-24(20)25;/h2-6,9,14,18-19,22,32H,7-8,10-13,15-17H2,1H3;1H/t19-;/m1./s1. The third kappa shape index (κ3) is 5.20. The van der Waals surface area contributed by atoms with Gasteiger partial charge in [0.1, 0.15) is 29.7 Å². The number of amides is 1. The molecule has 7 rings (SSSR count). The van der Waals surface area contributed by atoms with Crippen molar-refractivity contribution in [3.05, 3.63) is 71.4 Å². The van der Waals surface area contributed by atoms with Crippen molar-refractivity contribution in [2.24, 2.45) is 5.41 Å². The van der Waals surface area contributed by atoms with Crippen LogP contribution in [0, 0.1) is 11.2 Å². The number of rotatable bonds is 6. The van der Waals surface area contributed by atoms with Gasteiger partial charge in [0, 0.05) is 43.7 Å². The van der Waals surface area contributed by atoms with Gasteiger partial charge in [-0.15, -0.1) is 12.4 Å². The Morgan fingerprint density at radius 3 is 2.83 bits per heavy atom. The second kappa shape index (κ2) is 11.1. The van der Waals surface area contributed by atoms with Gasteiger partial charge in [0.15, 0.2) is 11.6 Å². The molecule has 4 heterocycles. The number of benzene rings is 2. The van der Waals surface area contributed by atoms with Crippen LogP contribution in [0.1, 0.15) is 41.3 Å². The van der Waals surface area contributed by atoms with Gasteiger partial charge in [-0.1, -0.05) is 12.1 Å². The van der Waals surface area contributed by atoms with E-state index in [4.69, 9.17) is 14.2 Å². The highest BCUT2D eigenvalue weighted by Gasteiger charge is 2.54. The van der Waals surface area contributed by atoms with Crippen molar-refractivity contribution in [3.8, 4) is 17.2 Å². The minimum atomic E-state index is -0.496. The zero-order valence-electron chi connectivity index (χ0n) is 22.8. The van der Waals surface area contributed by atoms with Crippen LogP contribution in [0.25, 0.3) is 0 Å². The van der Waals surface area contributed by atoms with Gasteiger partial charge in [-0.2, -0.15) is 0 Å². The second-order valence-electron chi connectivity index (χ2n) is 11.4. The number of aromatic nitrogens is 2. The zero-order chi connectivity index (χ0) is 27.3. The first-order valence-corrected chi connectivity index (χ1v) is 13.9. The van der Waals surface area contributed by atoms with Crippen molar-refractivity contribution < 1.29 is 23.4 Å². The van der Waals surface area contributed by atoms with Crippen LogP contribution >= 0.6 is 12.4 Å². The van der Waals surface area contributed by atoms with E-state index in [0.717, 1.165) is 44.8 Å². The van der Waals surface area contributed by atoms with Crippen molar-refractivity contribution in [1.82, 2.24) is 20.2 Å². The Balaban J connectivity index is 0.00000302. The van der Waals surface area contributed by atoms with Crippen molar-refractivity contribution in [3.63, 3.8) is 0 Å². The average Bonchev–Trinajstić information content (AvgIpc) is 3.41. The molecule has 11 heteroatoms. The topological polar surface area (TPSA) is 89.0 Å². The van der Waals surface area contributed by atoms with E-state index in [1.165, 1.54) is 35.7 Å². The van der Waals surface area contributed by atoms with E-state index >= 15 is 0 Å². The average molecular weight is 582 g/mol. The lowest BCUT2D eigenvalue weighted by molar-refractivity contribution is -0.0348. The van der Waals surface area contributed by atoms with E-state index < -0.39 is 5.82 Å². The van der Waals surface area contributed by atoms with Crippen LogP contribution < -0.4 is 19.7 Å². The molecule has 1 amide bonds. The first kappa shape index (κ1) is 27.7. The predicted molar refractivity (Wildman–Crippen MR) is 152 cm³/mol. The number of hydrogen-bond acceptors (Lipinski definition) is 8. The Kier molecular flexibility index (Phi) is 7.48. The maximum Gasteiger partial charge on any atom is 0.258 e. The smallest absolute Gasteiger partial charge is 0.258 e. The van der Waals surface area contributed by atoms with E-state index in [-0.39, 0.29) is 47.2 Å². The number of hydrogen-bond donors (Lipinski definition) is 1. The Bertz CT molecular complexity index is 1440. The minimum absolute atomic E-state index is 0. The normalized spacial score (nSPS) is 21.0. The van der Waals surface area contributed by atoms with Crippen molar-refractivity contribution in [1.29, 1.82) is 0 Å². The molecule has 1 aliphatic carbocycles. The molecule has 3 fully saturated rings. The summed E-state index contributed by atoms with van der Waals surface area (Å²) in [6, 6.07) is 10.2. The molecule has 1 atom stereocenters. The summed E-state index contributed by atoms with van der Waals surface area (Å²) >= 11 is 0. The first-order valence-electron chi connectivity index (χ1n) is 13.9. The summed E-state index contributed by atoms with van der Waals surface area (Å²) in [4.78, 5) is 25.9. The van der Waals surface area contributed by atoms with Crippen molar-refractivity contribution in [2.45, 2.75) is 45.0 Å². The summed E-state index contributed by atoms with van der Waals surface area (Å²) in [5, 5.41) is 3.40. The largest absolute Gasteiger partial charge is 0.490 e. The number of morpholine rings is 1. The fourth-order valence-corrected chi connectivity index (χ4v) is 6.43. The molecule has 2 saturated heterocycles. The third-order valence-corrected chi connectivity index (χ3v) is 8.49. The van der Waals surface area contributed by atoms with Gasteiger partial charge >= 0.3 is 0 Å². The predicted octanol–water partition coefficient (Wildman–Crippen LogP) is 4.34. The number of carbonyl (C=O) groups excluding carboxylic acids is 1. The number of nitrogens with one attached hydrogen (secondary N) is 1. The minimum Gasteiger partial charge on any atom is -0.490 e. The molecule has 9 nitrogen and oxygen atoms in total. The lowest BCUT2D eigenvalue weighted by Crippen LogP contribution is -2.65. The summed E-state index contributed by atoms with van der Waals surface area (Å²) in [6.07, 6.45) is 5.30. The molecule has 3 aliphatic heterocycles. The molecular weight excluding hydrogens is 549 g/mol. The van der Waals surface area contributed by atoms with Gasteiger partial charge in [0.2, 0.25) is 0 Å². The number of anilines is 1. The SMILES string of the molecule is C[C@@H]1COCCN1C(=O)c1cc(F)ccc1Oc1cncnc1N1CC2(CC(Oc3cccc4c3CNC4)C2)C1.Cl. The van der Waals surface area contributed by atoms with E-state index in [0.29, 0.717) is 31.3 Å².